The van der Waals surface area contributed by atoms with Gasteiger partial charge in [-0.15, -0.1) is 0 Å². The van der Waals surface area contributed by atoms with Gasteiger partial charge in [-0.2, -0.15) is 20.2 Å². The monoisotopic (exact) mass is 406 g/mol. The molecular formula is C16H9Cl3N6O. The minimum absolute atomic E-state index is 0.0626. The number of anilines is 3. The molecule has 0 amide bonds. The van der Waals surface area contributed by atoms with E-state index >= 15 is 0 Å². The highest BCUT2D eigenvalue weighted by Gasteiger charge is 2.14. The third-order valence-corrected chi connectivity index (χ3v) is 3.84. The van der Waals surface area contributed by atoms with Crippen molar-refractivity contribution in [3.8, 4) is 17.8 Å². The molecule has 0 aliphatic rings. The zero-order chi connectivity index (χ0) is 18.7. The Morgan fingerprint density at radius 1 is 1.00 bits per heavy atom. The highest BCUT2D eigenvalue weighted by molar-refractivity contribution is 6.40. The molecule has 3 rings (SSSR count). The summed E-state index contributed by atoms with van der Waals surface area (Å²) in [5.74, 6) is 0.235. The van der Waals surface area contributed by atoms with Crippen LogP contribution >= 0.6 is 34.8 Å². The van der Waals surface area contributed by atoms with Gasteiger partial charge in [0.25, 0.3) is 0 Å². The van der Waals surface area contributed by atoms with Gasteiger partial charge in [0.05, 0.1) is 21.7 Å². The lowest BCUT2D eigenvalue weighted by atomic mass is 10.2. The fraction of sp³-hybridized carbons (Fsp3) is 0. The number of nitriles is 1. The van der Waals surface area contributed by atoms with Gasteiger partial charge in [-0.25, -0.2) is 0 Å². The number of hydrogen-bond donors (Lipinski definition) is 2. The number of ether oxygens (including phenoxy) is 1. The number of nitrogen functional groups attached to an aromatic ring is 1. The molecule has 0 aliphatic heterocycles. The Kier molecular flexibility index (Phi) is 5.28. The smallest absolute Gasteiger partial charge is 0.328 e. The van der Waals surface area contributed by atoms with E-state index in [2.05, 4.69) is 20.3 Å². The standard InChI is InChI=1S/C16H9Cl3N6O/c17-9-5-11(18)13(12(19)6-9)26-16-24-14(21)23-15(25-16)22-10-3-1-8(7-20)2-4-10/h1-6H,(H3,21,22,23,24,25). The lowest BCUT2D eigenvalue weighted by molar-refractivity contribution is 0.442. The van der Waals surface area contributed by atoms with Crippen molar-refractivity contribution in [3.63, 3.8) is 0 Å². The molecule has 2 aromatic carbocycles. The molecule has 1 aromatic heterocycles. The molecule has 0 radical (unpaired) electrons. The van der Waals surface area contributed by atoms with Crippen LogP contribution in [-0.4, -0.2) is 15.0 Å². The molecule has 0 unspecified atom stereocenters. The van der Waals surface area contributed by atoms with Gasteiger partial charge in [0.15, 0.2) is 5.75 Å². The number of rotatable bonds is 4. The fourth-order valence-electron chi connectivity index (χ4n) is 1.95. The van der Waals surface area contributed by atoms with E-state index < -0.39 is 0 Å². The SMILES string of the molecule is N#Cc1ccc(Nc2nc(N)nc(Oc3c(Cl)cc(Cl)cc3Cl)n2)cc1. The molecule has 3 aromatic rings. The largest absolute Gasteiger partial charge is 0.421 e. The molecule has 0 aliphatic carbocycles. The van der Waals surface area contributed by atoms with Crippen molar-refractivity contribution >= 4 is 52.4 Å². The van der Waals surface area contributed by atoms with E-state index in [1.54, 1.807) is 24.3 Å². The number of halogens is 3. The molecule has 1 heterocycles. The Bertz CT molecular complexity index is 981. The fourth-order valence-corrected chi connectivity index (χ4v) is 2.84. The maximum atomic E-state index is 8.83. The van der Waals surface area contributed by atoms with Crippen molar-refractivity contribution in [2.75, 3.05) is 11.1 Å². The highest BCUT2D eigenvalue weighted by atomic mass is 35.5. The van der Waals surface area contributed by atoms with Gasteiger partial charge in [-0.3, -0.25) is 0 Å². The van der Waals surface area contributed by atoms with Gasteiger partial charge >= 0.3 is 6.01 Å². The molecule has 130 valence electrons. The van der Waals surface area contributed by atoms with E-state index in [9.17, 15) is 0 Å². The number of nitrogens with zero attached hydrogens (tertiary/aromatic N) is 4. The summed E-state index contributed by atoms with van der Waals surface area (Å²) >= 11 is 18.0. The van der Waals surface area contributed by atoms with Crippen LogP contribution in [0.5, 0.6) is 11.8 Å². The van der Waals surface area contributed by atoms with Crippen LogP contribution in [0, 0.1) is 11.3 Å². The van der Waals surface area contributed by atoms with Crippen molar-refractivity contribution in [2.24, 2.45) is 0 Å². The second-order valence-electron chi connectivity index (χ2n) is 4.91. The van der Waals surface area contributed by atoms with Gasteiger partial charge in [0.2, 0.25) is 11.9 Å². The number of hydrogen-bond acceptors (Lipinski definition) is 7. The molecule has 0 fully saturated rings. The number of nitrogens with two attached hydrogens (primary N) is 1. The van der Waals surface area contributed by atoms with E-state index in [1.165, 1.54) is 12.1 Å². The van der Waals surface area contributed by atoms with Gasteiger partial charge in [-0.1, -0.05) is 34.8 Å². The zero-order valence-corrected chi connectivity index (χ0v) is 15.1. The van der Waals surface area contributed by atoms with Gasteiger partial charge in [0.1, 0.15) is 0 Å². The average molecular weight is 408 g/mol. The van der Waals surface area contributed by atoms with E-state index in [1.807, 2.05) is 6.07 Å². The normalized spacial score (nSPS) is 10.2. The third kappa shape index (κ3) is 4.24. The minimum atomic E-state index is -0.0974. The minimum Gasteiger partial charge on any atom is -0.421 e. The Morgan fingerprint density at radius 2 is 1.65 bits per heavy atom. The summed E-state index contributed by atoms with van der Waals surface area (Å²) < 4.78 is 5.54. The van der Waals surface area contributed by atoms with E-state index in [4.69, 9.17) is 50.5 Å². The molecule has 0 bridgehead atoms. The molecule has 7 nitrogen and oxygen atoms in total. The van der Waals surface area contributed by atoms with Crippen molar-refractivity contribution in [1.82, 2.24) is 15.0 Å². The number of aromatic nitrogens is 3. The van der Waals surface area contributed by atoms with Crippen molar-refractivity contribution in [2.45, 2.75) is 0 Å². The Labute approximate surface area is 163 Å². The summed E-state index contributed by atoms with van der Waals surface area (Å²) in [6, 6.07) is 11.6. The Morgan fingerprint density at radius 3 is 2.27 bits per heavy atom. The van der Waals surface area contributed by atoms with Crippen molar-refractivity contribution in [1.29, 1.82) is 5.26 Å². The van der Waals surface area contributed by atoms with Crippen LogP contribution in [0.4, 0.5) is 17.6 Å². The van der Waals surface area contributed by atoms with Crippen LogP contribution in [0.2, 0.25) is 15.1 Å². The van der Waals surface area contributed by atoms with Crippen molar-refractivity contribution in [3.05, 3.63) is 57.0 Å². The average Bonchev–Trinajstić information content (AvgIpc) is 2.58. The van der Waals surface area contributed by atoms with E-state index in [0.29, 0.717) is 16.3 Å². The maximum absolute atomic E-state index is 8.83. The van der Waals surface area contributed by atoms with Crippen LogP contribution in [0.3, 0.4) is 0 Å². The lowest BCUT2D eigenvalue weighted by Gasteiger charge is -2.10. The first kappa shape index (κ1) is 18.0. The zero-order valence-electron chi connectivity index (χ0n) is 12.9. The van der Waals surface area contributed by atoms with E-state index in [-0.39, 0.29) is 33.7 Å². The van der Waals surface area contributed by atoms with E-state index in [0.717, 1.165) is 0 Å². The van der Waals surface area contributed by atoms with Crippen LogP contribution in [0.15, 0.2) is 36.4 Å². The summed E-state index contributed by atoms with van der Waals surface area (Å²) in [5.41, 5.74) is 6.89. The first-order chi connectivity index (χ1) is 12.4. The summed E-state index contributed by atoms with van der Waals surface area (Å²) in [6.07, 6.45) is 0. The van der Waals surface area contributed by atoms with Crippen molar-refractivity contribution < 1.29 is 4.74 Å². The summed E-state index contributed by atoms with van der Waals surface area (Å²) in [6.45, 7) is 0. The predicted octanol–water partition coefficient (Wildman–Crippen LogP) is 4.82. The second kappa shape index (κ2) is 7.62. The summed E-state index contributed by atoms with van der Waals surface area (Å²) in [7, 11) is 0. The summed E-state index contributed by atoms with van der Waals surface area (Å²) in [5, 5.41) is 12.5. The first-order valence-corrected chi connectivity index (χ1v) is 8.19. The molecule has 3 N–H and O–H groups in total. The predicted molar refractivity (Wildman–Crippen MR) is 100 cm³/mol. The summed E-state index contributed by atoms with van der Waals surface area (Å²) in [4.78, 5) is 12.0. The molecule has 10 heteroatoms. The second-order valence-corrected chi connectivity index (χ2v) is 6.17. The Hall–Kier alpha value is -2.79. The van der Waals surface area contributed by atoms with Crippen LogP contribution < -0.4 is 15.8 Å². The van der Waals surface area contributed by atoms with Gasteiger partial charge < -0.3 is 15.8 Å². The highest BCUT2D eigenvalue weighted by Crippen LogP contribution is 2.38. The topological polar surface area (TPSA) is 110 Å². The van der Waals surface area contributed by atoms with Crippen LogP contribution in [0.1, 0.15) is 5.56 Å². The Balaban J connectivity index is 1.87. The first-order valence-electron chi connectivity index (χ1n) is 7.06. The molecule has 0 spiro atoms. The molecule has 0 saturated carbocycles. The molecular weight excluding hydrogens is 399 g/mol. The molecule has 0 atom stereocenters. The number of benzene rings is 2. The van der Waals surface area contributed by atoms with Gasteiger partial charge in [0, 0.05) is 10.7 Å². The lowest BCUT2D eigenvalue weighted by Crippen LogP contribution is -2.05. The maximum Gasteiger partial charge on any atom is 0.328 e. The third-order valence-electron chi connectivity index (χ3n) is 3.06. The molecule has 26 heavy (non-hydrogen) atoms. The number of nitrogens with one attached hydrogen (secondary N) is 1. The van der Waals surface area contributed by atoms with Gasteiger partial charge in [-0.05, 0) is 36.4 Å². The molecule has 0 saturated heterocycles. The van der Waals surface area contributed by atoms with Crippen LogP contribution in [0.25, 0.3) is 0 Å². The quantitative estimate of drug-likeness (QED) is 0.637. The van der Waals surface area contributed by atoms with Crippen LogP contribution in [-0.2, 0) is 0 Å².